The summed E-state index contributed by atoms with van der Waals surface area (Å²) in [6.07, 6.45) is 6.07. The normalized spacial score (nSPS) is 15.9. The molecule has 0 fully saturated rings. The first-order chi connectivity index (χ1) is 24.8. The first-order valence-electron chi connectivity index (χ1n) is 19.5. The number of nitrogens with zero attached hydrogens (tertiary/aromatic N) is 2. The summed E-state index contributed by atoms with van der Waals surface area (Å²) >= 11 is 0. The molecule has 5 heteroatoms. The summed E-state index contributed by atoms with van der Waals surface area (Å²) in [4.78, 5) is 9.41. The molecule has 0 unspecified atom stereocenters. The molecule has 7 rings (SSSR count). The fourth-order valence-corrected chi connectivity index (χ4v) is 7.79. The zero-order chi connectivity index (χ0) is 38.6. The number of pyridine rings is 1. The molecule has 6 aromatic rings. The van der Waals surface area contributed by atoms with Crippen molar-refractivity contribution < 1.29 is 29.6 Å². The second kappa shape index (κ2) is 15.4. The molecule has 1 radical (unpaired) electrons. The Bertz CT molecular complexity index is 2380. The number of rotatable bonds is 5. The summed E-state index contributed by atoms with van der Waals surface area (Å²) in [6.45, 7) is 28.5. The molecule has 1 aliphatic rings. The number of aromatic nitrogens is 1. The summed E-state index contributed by atoms with van der Waals surface area (Å²) in [5.74, 6) is 0.947. The summed E-state index contributed by atoms with van der Waals surface area (Å²) in [5.41, 5.74) is 9.34. The molecule has 4 nitrogen and oxygen atoms in total. The van der Waals surface area contributed by atoms with Crippen LogP contribution < -0.4 is 0 Å². The average molecular weight is 900 g/mol. The van der Waals surface area contributed by atoms with E-state index in [2.05, 4.69) is 134 Å². The Hall–Kier alpha value is -3.79. The van der Waals surface area contributed by atoms with Crippen LogP contribution in [0.4, 0.5) is 0 Å². The molecule has 54 heavy (non-hydrogen) atoms. The summed E-state index contributed by atoms with van der Waals surface area (Å²) in [7, 11) is 0. The zero-order valence-corrected chi connectivity index (χ0v) is 37.1. The van der Waals surface area contributed by atoms with Gasteiger partial charge in [-0.2, -0.15) is 0 Å². The van der Waals surface area contributed by atoms with Crippen molar-refractivity contribution >= 4 is 49.2 Å². The number of aliphatic imine (C=N–C) groups is 1. The Balaban J connectivity index is 0.000000321. The number of benzene rings is 4. The van der Waals surface area contributed by atoms with Gasteiger partial charge in [-0.1, -0.05) is 117 Å². The van der Waals surface area contributed by atoms with Crippen molar-refractivity contribution in [3.8, 4) is 11.3 Å². The van der Waals surface area contributed by atoms with E-state index in [0.29, 0.717) is 11.7 Å². The van der Waals surface area contributed by atoms with Crippen LogP contribution in [0, 0.1) is 17.9 Å². The maximum absolute atomic E-state index is 9.64. The molecule has 0 spiro atoms. The quantitative estimate of drug-likeness (QED) is 0.107. The molecular formula is C49H59IrN2O2-. The minimum absolute atomic E-state index is 0. The maximum Gasteiger partial charge on any atom is 0.139 e. The first kappa shape index (κ1) is 41.4. The Morgan fingerprint density at radius 3 is 2.17 bits per heavy atom. The minimum atomic E-state index is 0. The van der Waals surface area contributed by atoms with Gasteiger partial charge in [0.2, 0.25) is 0 Å². The van der Waals surface area contributed by atoms with Crippen LogP contribution in [0.5, 0.6) is 0 Å². The van der Waals surface area contributed by atoms with Crippen molar-refractivity contribution in [1.29, 1.82) is 0 Å². The zero-order valence-electron chi connectivity index (χ0n) is 34.7. The molecule has 2 aromatic heterocycles. The number of hydrogen-bond acceptors (Lipinski definition) is 4. The standard InChI is InChI=1S/C37H36NO.C12H23NO.Ir/c1-35(2,3)30-19-24(18-22-10-8-9-11-25(22)30)33-27-21-28-26-12-13-29-32(37(6,7)16-15-36(29,4)5)34(26)39-31(28)20-23(27)14-17-38-33;1-8(2)11(13-10(5)6)7-12(14)9(3)4;/h8-14,17,19-21H,15-16H2,1-7H3;7-10,14H,1-6H3;/q-1;;/b;12-7-,13-11?;. The topological polar surface area (TPSA) is 58.6 Å². The van der Waals surface area contributed by atoms with E-state index in [1.165, 1.54) is 33.9 Å². The van der Waals surface area contributed by atoms with Gasteiger partial charge < -0.3 is 9.52 Å². The molecule has 0 atom stereocenters. The number of fused-ring (bicyclic) bond motifs is 7. The molecule has 2 heterocycles. The van der Waals surface area contributed by atoms with E-state index < -0.39 is 0 Å². The number of hydrogen-bond donors (Lipinski definition) is 1. The third-order valence-corrected chi connectivity index (χ3v) is 11.0. The van der Waals surface area contributed by atoms with Crippen molar-refractivity contribution in [1.82, 2.24) is 4.98 Å². The van der Waals surface area contributed by atoms with Gasteiger partial charge in [0.15, 0.2) is 0 Å². The average Bonchev–Trinajstić information content (AvgIpc) is 3.45. The second-order valence-corrected chi connectivity index (χ2v) is 18.4. The molecule has 4 aromatic carbocycles. The van der Waals surface area contributed by atoms with Gasteiger partial charge in [-0.15, -0.1) is 29.1 Å². The van der Waals surface area contributed by atoms with Gasteiger partial charge >= 0.3 is 0 Å². The number of furan rings is 1. The van der Waals surface area contributed by atoms with Gasteiger partial charge in [-0.25, -0.2) is 0 Å². The Morgan fingerprint density at radius 1 is 0.833 bits per heavy atom. The van der Waals surface area contributed by atoms with Crippen molar-refractivity contribution in [3.63, 3.8) is 0 Å². The van der Waals surface area contributed by atoms with Crippen LogP contribution in [0.15, 0.2) is 88.1 Å². The smallest absolute Gasteiger partial charge is 0.139 e. The van der Waals surface area contributed by atoms with Crippen LogP contribution in [-0.4, -0.2) is 21.8 Å². The fourth-order valence-electron chi connectivity index (χ4n) is 7.79. The largest absolute Gasteiger partial charge is 0.512 e. The van der Waals surface area contributed by atoms with Gasteiger partial charge in [-0.3, -0.25) is 9.98 Å². The van der Waals surface area contributed by atoms with Gasteiger partial charge in [0.25, 0.3) is 0 Å². The van der Waals surface area contributed by atoms with Crippen LogP contribution >= 0.6 is 0 Å². The van der Waals surface area contributed by atoms with Gasteiger partial charge in [0.05, 0.1) is 5.76 Å². The predicted octanol–water partition coefficient (Wildman–Crippen LogP) is 14.0. The van der Waals surface area contributed by atoms with Crippen LogP contribution in [0.2, 0.25) is 0 Å². The third kappa shape index (κ3) is 8.09. The van der Waals surface area contributed by atoms with E-state index in [1.54, 1.807) is 6.08 Å². The molecule has 1 N–H and O–H groups in total. The van der Waals surface area contributed by atoms with Gasteiger partial charge in [0.1, 0.15) is 11.2 Å². The fraction of sp³-hybridized carbons (Fsp3) is 0.429. The van der Waals surface area contributed by atoms with Crippen molar-refractivity contribution in [2.24, 2.45) is 16.8 Å². The van der Waals surface area contributed by atoms with Crippen LogP contribution in [-0.2, 0) is 36.4 Å². The predicted molar refractivity (Wildman–Crippen MR) is 228 cm³/mol. The van der Waals surface area contributed by atoms with E-state index in [1.807, 2.05) is 33.9 Å². The van der Waals surface area contributed by atoms with Crippen molar-refractivity contribution in [3.05, 3.63) is 101 Å². The molecule has 0 bridgehead atoms. The molecule has 0 amide bonds. The van der Waals surface area contributed by atoms with Crippen LogP contribution in [0.1, 0.15) is 120 Å². The molecule has 287 valence electrons. The van der Waals surface area contributed by atoms with Crippen molar-refractivity contribution in [2.75, 3.05) is 0 Å². The van der Waals surface area contributed by atoms with Crippen molar-refractivity contribution in [2.45, 2.75) is 125 Å². The molecular weight excluding hydrogens is 841 g/mol. The van der Waals surface area contributed by atoms with Gasteiger partial charge in [-0.05, 0) is 89.5 Å². The Labute approximate surface area is 336 Å². The van der Waals surface area contributed by atoms with E-state index in [4.69, 9.17) is 9.40 Å². The summed E-state index contributed by atoms with van der Waals surface area (Å²) in [6, 6.07) is 26.1. The van der Waals surface area contributed by atoms with Gasteiger partial charge in [0, 0.05) is 66.0 Å². The third-order valence-electron chi connectivity index (χ3n) is 11.0. The second-order valence-electron chi connectivity index (χ2n) is 18.4. The van der Waals surface area contributed by atoms with Crippen LogP contribution in [0.3, 0.4) is 0 Å². The number of aliphatic hydroxyl groups excluding tert-OH is 1. The van der Waals surface area contributed by atoms with E-state index in [9.17, 15) is 5.11 Å². The SMILES string of the molecule is CC(C)(C)c1cc(-c2nccc3cc4oc5c6c(ccc5c4cc23)C(C)(C)CCC6(C)C)[c-]c2ccccc12.CC(C)N=C(/C=C(\O)C(C)C)C(C)C.[Ir]. The molecule has 0 aliphatic heterocycles. The molecule has 1 aliphatic carbocycles. The summed E-state index contributed by atoms with van der Waals surface area (Å²) < 4.78 is 6.73. The Kier molecular flexibility index (Phi) is 11.8. The summed E-state index contributed by atoms with van der Waals surface area (Å²) in [5, 5.41) is 16.7. The monoisotopic (exact) mass is 900 g/mol. The first-order valence-corrected chi connectivity index (χ1v) is 19.5. The maximum atomic E-state index is 9.64. The van der Waals surface area contributed by atoms with E-state index >= 15 is 0 Å². The van der Waals surface area contributed by atoms with Crippen LogP contribution in [0.25, 0.3) is 54.7 Å². The minimum Gasteiger partial charge on any atom is -0.512 e. The molecule has 0 saturated heterocycles. The van der Waals surface area contributed by atoms with E-state index in [0.717, 1.165) is 56.1 Å². The Morgan fingerprint density at radius 2 is 1.52 bits per heavy atom. The number of aliphatic hydroxyl groups is 1. The number of allylic oxidation sites excluding steroid dienone is 2. The van der Waals surface area contributed by atoms with E-state index in [-0.39, 0.29) is 48.3 Å². The molecule has 0 saturated carbocycles.